The van der Waals surface area contributed by atoms with Crippen molar-refractivity contribution in [2.75, 3.05) is 5.75 Å². The van der Waals surface area contributed by atoms with Crippen LogP contribution in [0.15, 0.2) is 40.3 Å². The topological polar surface area (TPSA) is 44.1 Å². The van der Waals surface area contributed by atoms with Gasteiger partial charge in [0.1, 0.15) is 4.83 Å². The Morgan fingerprint density at radius 2 is 2.07 bits per heavy atom. The van der Waals surface area contributed by atoms with Crippen LogP contribution in [0.25, 0.3) is 15.9 Å². The summed E-state index contributed by atoms with van der Waals surface area (Å²) < 4.78 is 7.92. The molecule has 0 bridgehead atoms. The third-order valence-corrected chi connectivity index (χ3v) is 7.74. The Balaban J connectivity index is 1.88. The van der Waals surface area contributed by atoms with E-state index in [1.807, 2.05) is 30.3 Å². The highest BCUT2D eigenvalue weighted by Gasteiger charge is 2.33. The maximum atomic E-state index is 13.8. The van der Waals surface area contributed by atoms with E-state index < -0.39 is 0 Å². The molecule has 1 aliphatic rings. The maximum Gasteiger partial charge on any atom is 0.267 e. The molecule has 1 aliphatic heterocycles. The van der Waals surface area contributed by atoms with Crippen molar-refractivity contribution in [1.29, 1.82) is 0 Å². The molecule has 0 radical (unpaired) electrons. The second-order valence-corrected chi connectivity index (χ2v) is 10.5. The second kappa shape index (κ2) is 8.25. The van der Waals surface area contributed by atoms with E-state index >= 15 is 0 Å². The molecule has 4 nitrogen and oxygen atoms in total. The number of hydrogen-bond donors (Lipinski definition) is 0. The summed E-state index contributed by atoms with van der Waals surface area (Å²) in [4.78, 5) is 20.7. The highest BCUT2D eigenvalue weighted by atomic mass is 32.2. The molecule has 0 saturated heterocycles. The van der Waals surface area contributed by atoms with Crippen molar-refractivity contribution in [2.45, 2.75) is 64.3 Å². The second-order valence-electron chi connectivity index (χ2n) is 8.35. The first kappa shape index (κ1) is 20.6. The van der Waals surface area contributed by atoms with Crippen molar-refractivity contribution in [2.24, 2.45) is 5.92 Å². The monoisotopic (exact) mass is 428 g/mol. The van der Waals surface area contributed by atoms with Crippen molar-refractivity contribution >= 4 is 33.3 Å². The first-order chi connectivity index (χ1) is 13.9. The number of thioether (sulfide) groups is 1. The quantitative estimate of drug-likeness (QED) is 0.366. The summed E-state index contributed by atoms with van der Waals surface area (Å²) in [5.41, 5.74) is 1.85. The molecule has 0 fully saturated rings. The lowest BCUT2D eigenvalue weighted by molar-refractivity contribution is -0.0543. The molecule has 6 heteroatoms. The zero-order valence-electron chi connectivity index (χ0n) is 17.5. The first-order valence-electron chi connectivity index (χ1n) is 10.3. The van der Waals surface area contributed by atoms with Crippen molar-refractivity contribution in [1.82, 2.24) is 9.55 Å². The van der Waals surface area contributed by atoms with Crippen molar-refractivity contribution in [3.63, 3.8) is 0 Å². The number of hydrogen-bond acceptors (Lipinski definition) is 5. The fraction of sp³-hybridized carbons (Fsp3) is 0.478. The van der Waals surface area contributed by atoms with E-state index in [9.17, 15) is 4.79 Å². The largest absolute Gasteiger partial charge is 0.369 e. The number of ether oxygens (including phenoxy) is 1. The van der Waals surface area contributed by atoms with Gasteiger partial charge in [-0.05, 0) is 43.4 Å². The number of thiophene rings is 1. The van der Waals surface area contributed by atoms with E-state index in [1.54, 1.807) is 27.7 Å². The van der Waals surface area contributed by atoms with E-state index in [4.69, 9.17) is 9.72 Å². The molecule has 0 unspecified atom stereocenters. The average molecular weight is 429 g/mol. The number of benzene rings is 1. The molecule has 154 valence electrons. The predicted octanol–water partition coefficient (Wildman–Crippen LogP) is 5.83. The van der Waals surface area contributed by atoms with Gasteiger partial charge in [-0.2, -0.15) is 0 Å². The van der Waals surface area contributed by atoms with E-state index in [2.05, 4.69) is 27.7 Å². The van der Waals surface area contributed by atoms with Crippen LogP contribution >= 0.6 is 23.1 Å². The molecule has 0 spiro atoms. The smallest absolute Gasteiger partial charge is 0.267 e. The minimum Gasteiger partial charge on any atom is -0.369 e. The van der Waals surface area contributed by atoms with Crippen LogP contribution in [-0.2, 0) is 17.8 Å². The minimum absolute atomic E-state index is 0.0473. The van der Waals surface area contributed by atoms with Crippen LogP contribution in [0, 0.1) is 5.92 Å². The molecule has 1 atom stereocenters. The van der Waals surface area contributed by atoms with Gasteiger partial charge in [0.15, 0.2) is 5.16 Å². The number of nitrogens with zero attached hydrogens (tertiary/aromatic N) is 2. The summed E-state index contributed by atoms with van der Waals surface area (Å²) in [6.07, 6.45) is 2.79. The molecule has 0 N–H and O–H groups in total. The van der Waals surface area contributed by atoms with Gasteiger partial charge in [0, 0.05) is 17.1 Å². The molecule has 0 aliphatic carbocycles. The van der Waals surface area contributed by atoms with Gasteiger partial charge in [-0.15, -0.1) is 11.3 Å². The normalized spacial score (nSPS) is 19.1. The molecule has 3 aromatic rings. The van der Waals surface area contributed by atoms with E-state index in [0.717, 1.165) is 56.5 Å². The fourth-order valence-electron chi connectivity index (χ4n) is 3.62. The molecule has 4 rings (SSSR count). The van der Waals surface area contributed by atoms with Gasteiger partial charge in [0.25, 0.3) is 5.56 Å². The summed E-state index contributed by atoms with van der Waals surface area (Å²) in [7, 11) is 0. The third-order valence-electron chi connectivity index (χ3n) is 5.67. The number of rotatable bonds is 6. The molecule has 2 aromatic heterocycles. The van der Waals surface area contributed by atoms with E-state index in [1.165, 1.54) is 0 Å². The van der Waals surface area contributed by atoms with Gasteiger partial charge < -0.3 is 4.74 Å². The van der Waals surface area contributed by atoms with Crippen LogP contribution in [0.3, 0.4) is 0 Å². The highest BCUT2D eigenvalue weighted by molar-refractivity contribution is 7.99. The van der Waals surface area contributed by atoms with Gasteiger partial charge in [0.05, 0.1) is 23.3 Å². The zero-order chi connectivity index (χ0) is 20.6. The Labute approximate surface area is 180 Å². The summed E-state index contributed by atoms with van der Waals surface area (Å²) >= 11 is 3.30. The average Bonchev–Trinajstić information content (AvgIpc) is 3.06. The SMILES string of the molecule is CC[C@@]1(C)Cc2c(sc3nc(SCCC(C)C)n(-c4ccccc4)c(=O)c23)CO1. The van der Waals surface area contributed by atoms with E-state index in [-0.39, 0.29) is 11.2 Å². The Morgan fingerprint density at radius 1 is 1.31 bits per heavy atom. The van der Waals surface area contributed by atoms with Crippen LogP contribution in [0.2, 0.25) is 0 Å². The Kier molecular flexibility index (Phi) is 5.87. The van der Waals surface area contributed by atoms with Crippen LogP contribution in [0.5, 0.6) is 0 Å². The standard InChI is InChI=1S/C23H28N2O2S2/c1-5-23(4)13-17-18(14-27-23)29-20-19(17)21(26)25(16-9-7-6-8-10-16)22(24-20)28-12-11-15(2)3/h6-10,15H,5,11-14H2,1-4H3/t23-/m0/s1. The molecule has 29 heavy (non-hydrogen) atoms. The Morgan fingerprint density at radius 3 is 2.76 bits per heavy atom. The fourth-order valence-corrected chi connectivity index (χ4v) is 6.01. The van der Waals surface area contributed by atoms with Gasteiger partial charge in [-0.25, -0.2) is 4.98 Å². The minimum atomic E-state index is -0.213. The Hall–Kier alpha value is -1.63. The maximum absolute atomic E-state index is 13.8. The summed E-state index contributed by atoms with van der Waals surface area (Å²) in [6, 6.07) is 9.89. The van der Waals surface area contributed by atoms with Gasteiger partial charge in [-0.3, -0.25) is 9.36 Å². The number of aromatic nitrogens is 2. The van der Waals surface area contributed by atoms with E-state index in [0.29, 0.717) is 12.5 Å². The van der Waals surface area contributed by atoms with Crippen molar-refractivity contribution in [3.05, 3.63) is 51.1 Å². The molecular weight excluding hydrogens is 400 g/mol. The zero-order valence-corrected chi connectivity index (χ0v) is 19.2. The molecule has 1 aromatic carbocycles. The molecule has 0 amide bonds. The summed E-state index contributed by atoms with van der Waals surface area (Å²) in [6.45, 7) is 9.29. The summed E-state index contributed by atoms with van der Waals surface area (Å²) in [5.74, 6) is 1.57. The van der Waals surface area contributed by atoms with Crippen molar-refractivity contribution in [3.8, 4) is 5.69 Å². The summed E-state index contributed by atoms with van der Waals surface area (Å²) in [5, 5.41) is 1.57. The van der Waals surface area contributed by atoms with Gasteiger partial charge >= 0.3 is 0 Å². The number of fused-ring (bicyclic) bond motifs is 3. The molecule has 3 heterocycles. The van der Waals surface area contributed by atoms with Gasteiger partial charge in [-0.1, -0.05) is 50.7 Å². The van der Waals surface area contributed by atoms with Crippen LogP contribution < -0.4 is 5.56 Å². The first-order valence-corrected chi connectivity index (χ1v) is 12.1. The number of para-hydroxylation sites is 1. The van der Waals surface area contributed by atoms with Crippen LogP contribution in [-0.4, -0.2) is 20.9 Å². The van der Waals surface area contributed by atoms with Crippen LogP contribution in [0.1, 0.15) is 51.0 Å². The van der Waals surface area contributed by atoms with Crippen LogP contribution in [0.4, 0.5) is 0 Å². The van der Waals surface area contributed by atoms with Crippen molar-refractivity contribution < 1.29 is 4.74 Å². The lowest BCUT2D eigenvalue weighted by Crippen LogP contribution is -2.34. The molecule has 0 saturated carbocycles. The van der Waals surface area contributed by atoms with Gasteiger partial charge in [0.2, 0.25) is 0 Å². The molecular formula is C23H28N2O2S2. The Bertz CT molecular complexity index is 1070. The lowest BCUT2D eigenvalue weighted by Gasteiger charge is -2.32. The highest BCUT2D eigenvalue weighted by Crippen LogP contribution is 2.39. The lowest BCUT2D eigenvalue weighted by atomic mass is 9.90. The predicted molar refractivity (Wildman–Crippen MR) is 123 cm³/mol. The third kappa shape index (κ3) is 4.03.